The van der Waals surface area contributed by atoms with Gasteiger partial charge in [0.1, 0.15) is 11.6 Å². The molecule has 3 fully saturated rings. The number of methoxy groups -OCH3 is 1. The average molecular weight is 572 g/mol. The summed E-state index contributed by atoms with van der Waals surface area (Å²) in [4.78, 5) is 24.2. The lowest BCUT2D eigenvalue weighted by molar-refractivity contribution is 0.0850. The second-order valence-corrected chi connectivity index (χ2v) is 12.9. The van der Waals surface area contributed by atoms with Crippen LogP contribution in [0.3, 0.4) is 0 Å². The minimum atomic E-state index is -0.273. The van der Waals surface area contributed by atoms with Gasteiger partial charge in [-0.2, -0.15) is 0 Å². The summed E-state index contributed by atoms with van der Waals surface area (Å²) in [6.45, 7) is 7.36. The van der Waals surface area contributed by atoms with Gasteiger partial charge in [0, 0.05) is 68.9 Å². The van der Waals surface area contributed by atoms with E-state index < -0.39 is 0 Å². The van der Waals surface area contributed by atoms with Crippen LogP contribution in [0, 0.1) is 18.7 Å². The normalized spacial score (nSPS) is 27.8. The molecular weight excluding hydrogens is 529 g/mol. The number of fused-ring (bicyclic) bond motifs is 3. The average Bonchev–Trinajstić information content (AvgIpc) is 3.62. The number of rotatable bonds is 6. The first-order valence-corrected chi connectivity index (χ1v) is 15.6. The van der Waals surface area contributed by atoms with E-state index >= 15 is 0 Å². The van der Waals surface area contributed by atoms with E-state index in [0.717, 1.165) is 62.5 Å². The zero-order valence-corrected chi connectivity index (χ0v) is 24.8. The number of hydrogen-bond acceptors (Lipinski definition) is 5. The highest BCUT2D eigenvalue weighted by molar-refractivity contribution is 5.67. The fourth-order valence-electron chi connectivity index (χ4n) is 8.57. The summed E-state index contributed by atoms with van der Waals surface area (Å²) in [5, 5.41) is 0. The quantitative estimate of drug-likeness (QED) is 0.389. The van der Waals surface area contributed by atoms with Crippen molar-refractivity contribution in [3.05, 3.63) is 88.8 Å². The molecule has 3 aromatic rings. The zero-order valence-electron chi connectivity index (χ0n) is 24.8. The van der Waals surface area contributed by atoms with Gasteiger partial charge in [0.05, 0.1) is 19.3 Å². The van der Waals surface area contributed by atoms with Crippen molar-refractivity contribution in [1.82, 2.24) is 24.3 Å². The largest absolute Gasteiger partial charge is 0.453 e. The Bertz CT molecular complexity index is 1410. The smallest absolute Gasteiger partial charge is 0.409 e. The lowest BCUT2D eigenvalue weighted by Gasteiger charge is -2.42. The number of piperidine rings is 1. The number of benzene rings is 2. The molecule has 5 heterocycles. The number of likely N-dealkylation sites (tertiary alicyclic amines) is 1. The third kappa shape index (κ3) is 5.24. The van der Waals surface area contributed by atoms with Crippen molar-refractivity contribution >= 4 is 6.09 Å². The molecule has 0 saturated carbocycles. The second-order valence-electron chi connectivity index (χ2n) is 12.9. The van der Waals surface area contributed by atoms with Crippen LogP contribution in [0.25, 0.3) is 0 Å². The first-order valence-electron chi connectivity index (χ1n) is 15.6. The van der Waals surface area contributed by atoms with Gasteiger partial charge in [-0.05, 0) is 61.8 Å². The van der Waals surface area contributed by atoms with Crippen molar-refractivity contribution in [2.24, 2.45) is 5.92 Å². The molecule has 1 unspecified atom stereocenters. The number of ether oxygens (including phenoxy) is 1. The van der Waals surface area contributed by atoms with Crippen LogP contribution in [0.1, 0.15) is 66.0 Å². The summed E-state index contributed by atoms with van der Waals surface area (Å²) in [7, 11) is 1.44. The molecule has 42 heavy (non-hydrogen) atoms. The van der Waals surface area contributed by atoms with Crippen molar-refractivity contribution in [2.45, 2.75) is 76.2 Å². The maximum Gasteiger partial charge on any atom is 0.409 e. The summed E-state index contributed by atoms with van der Waals surface area (Å²) < 4.78 is 21.8. The number of carbonyl (C=O) groups excluding carboxylic acids is 1. The minimum Gasteiger partial charge on any atom is -0.453 e. The Morgan fingerprint density at radius 1 is 1.02 bits per heavy atom. The molecule has 222 valence electrons. The molecule has 1 aromatic heterocycles. The molecule has 8 heteroatoms. The van der Waals surface area contributed by atoms with E-state index in [-0.39, 0.29) is 11.9 Å². The van der Waals surface area contributed by atoms with Crippen LogP contribution in [-0.2, 0) is 24.2 Å². The van der Waals surface area contributed by atoms with Crippen LogP contribution in [0.4, 0.5) is 9.18 Å². The van der Waals surface area contributed by atoms with Crippen LogP contribution in [0.15, 0.2) is 54.6 Å². The molecule has 0 radical (unpaired) electrons. The van der Waals surface area contributed by atoms with Crippen LogP contribution < -0.4 is 0 Å². The predicted octanol–water partition coefficient (Wildman–Crippen LogP) is 5.54. The molecule has 1 amide bonds. The molecule has 0 spiro atoms. The first kappa shape index (κ1) is 27.6. The Balaban J connectivity index is 1.07. The van der Waals surface area contributed by atoms with E-state index in [2.05, 4.69) is 57.7 Å². The number of hydrogen-bond donors (Lipinski definition) is 0. The van der Waals surface area contributed by atoms with Gasteiger partial charge in [-0.25, -0.2) is 14.2 Å². The molecule has 0 N–H and O–H groups in total. The van der Waals surface area contributed by atoms with Gasteiger partial charge in [0.25, 0.3) is 0 Å². The van der Waals surface area contributed by atoms with Crippen LogP contribution in [0.5, 0.6) is 0 Å². The van der Waals surface area contributed by atoms with E-state index in [1.165, 1.54) is 31.2 Å². The Hall–Kier alpha value is -3.23. The third-order valence-corrected chi connectivity index (χ3v) is 10.4. The zero-order chi connectivity index (χ0) is 28.8. The van der Waals surface area contributed by atoms with Crippen molar-refractivity contribution in [1.29, 1.82) is 0 Å². The Kier molecular flexibility index (Phi) is 7.53. The van der Waals surface area contributed by atoms with Crippen molar-refractivity contribution in [3.8, 4) is 0 Å². The van der Waals surface area contributed by atoms with Crippen molar-refractivity contribution in [3.63, 3.8) is 0 Å². The van der Waals surface area contributed by atoms with Crippen LogP contribution >= 0.6 is 0 Å². The molecule has 7 rings (SSSR count). The maximum atomic E-state index is 14.3. The summed E-state index contributed by atoms with van der Waals surface area (Å²) >= 11 is 0. The van der Waals surface area contributed by atoms with Gasteiger partial charge in [-0.1, -0.05) is 42.5 Å². The van der Waals surface area contributed by atoms with E-state index in [0.29, 0.717) is 43.1 Å². The summed E-state index contributed by atoms with van der Waals surface area (Å²) in [6, 6.07) is 19.6. The fraction of sp³-hybridized carbons (Fsp3) is 0.529. The Morgan fingerprint density at radius 2 is 1.81 bits per heavy atom. The summed E-state index contributed by atoms with van der Waals surface area (Å²) in [6.07, 6.45) is 5.34. The van der Waals surface area contributed by atoms with E-state index in [1.54, 1.807) is 17.0 Å². The van der Waals surface area contributed by atoms with Crippen LogP contribution in [0.2, 0.25) is 0 Å². The third-order valence-electron chi connectivity index (χ3n) is 10.4. The van der Waals surface area contributed by atoms with Gasteiger partial charge < -0.3 is 14.2 Å². The molecule has 2 bridgehead atoms. The lowest BCUT2D eigenvalue weighted by Crippen LogP contribution is -2.47. The maximum absolute atomic E-state index is 14.3. The molecule has 2 aromatic carbocycles. The molecule has 0 aliphatic carbocycles. The van der Waals surface area contributed by atoms with Gasteiger partial charge in [0.15, 0.2) is 0 Å². The van der Waals surface area contributed by atoms with Gasteiger partial charge in [-0.15, -0.1) is 0 Å². The number of amides is 1. The first-order chi connectivity index (χ1) is 20.5. The van der Waals surface area contributed by atoms with Gasteiger partial charge in [-0.3, -0.25) is 9.80 Å². The fourth-order valence-corrected chi connectivity index (χ4v) is 8.57. The highest BCUT2D eigenvalue weighted by Crippen LogP contribution is 2.44. The number of nitrogens with zero attached hydrogens (tertiary/aromatic N) is 5. The van der Waals surface area contributed by atoms with E-state index in [1.807, 2.05) is 6.07 Å². The topological polar surface area (TPSA) is 53.8 Å². The lowest BCUT2D eigenvalue weighted by atomic mass is 9.87. The monoisotopic (exact) mass is 571 g/mol. The minimum absolute atomic E-state index is 0.137. The molecule has 4 aliphatic heterocycles. The highest BCUT2D eigenvalue weighted by Gasteiger charge is 2.45. The van der Waals surface area contributed by atoms with Crippen LogP contribution in [-0.4, -0.2) is 75.7 Å². The molecular formula is C34H42FN5O2. The van der Waals surface area contributed by atoms with Gasteiger partial charge in [0.2, 0.25) is 0 Å². The van der Waals surface area contributed by atoms with Gasteiger partial charge >= 0.3 is 6.09 Å². The number of aryl methyl sites for hydroxylation is 1. The summed E-state index contributed by atoms with van der Waals surface area (Å²) in [5.41, 5.74) is 4.82. The number of aromatic nitrogens is 2. The second kappa shape index (κ2) is 11.5. The summed E-state index contributed by atoms with van der Waals surface area (Å²) in [5.74, 6) is 1.75. The molecule has 4 aliphatic rings. The number of carbonyl (C=O) groups is 1. The number of halogens is 1. The van der Waals surface area contributed by atoms with E-state index in [9.17, 15) is 9.18 Å². The molecule has 3 saturated heterocycles. The SMILES string of the molecule is COC(=O)N1CCc2c(nc(C)n2C2C[C@H]3CC[C@@H](C2)N3C[C@H]2CN(Cc3ccccc3)C[C@@H]2c2cccc(F)c2)C1. The van der Waals surface area contributed by atoms with Crippen molar-refractivity contribution in [2.75, 3.05) is 33.3 Å². The van der Waals surface area contributed by atoms with E-state index in [4.69, 9.17) is 9.72 Å². The van der Waals surface area contributed by atoms with Crippen molar-refractivity contribution < 1.29 is 13.9 Å². The highest BCUT2D eigenvalue weighted by atomic mass is 19.1. The molecule has 7 nitrogen and oxygen atoms in total. The molecule has 5 atom stereocenters. The number of imidazole rings is 1. The standard InChI is InChI=1S/C34H42FN5O2/c1-23-36-32-22-38(34(41)42-2)14-13-33(32)40(23)30-16-28-11-12-29(17-30)39(28)20-26-19-37(18-24-7-4-3-5-8-24)21-31(26)25-9-6-10-27(35)15-25/h3-10,15,26,28-31H,11-14,16-22H2,1-2H3/t26-,28-,29+,30?,31-/m1/s1. The Morgan fingerprint density at radius 3 is 2.55 bits per heavy atom. The predicted molar refractivity (Wildman–Crippen MR) is 160 cm³/mol. The Labute approximate surface area is 248 Å².